The summed E-state index contributed by atoms with van der Waals surface area (Å²) in [7, 11) is 0. The molecule has 3 aromatic rings. The molecule has 0 aromatic heterocycles. The maximum absolute atomic E-state index is 13.3. The number of nitrogens with zero attached hydrogens (tertiary/aromatic N) is 3. The van der Waals surface area contributed by atoms with Crippen LogP contribution in [0.15, 0.2) is 78.9 Å². The second kappa shape index (κ2) is 8.78. The van der Waals surface area contributed by atoms with Crippen LogP contribution in [-0.2, 0) is 4.79 Å². The van der Waals surface area contributed by atoms with E-state index in [-0.39, 0.29) is 42.3 Å². The first-order valence-electron chi connectivity index (χ1n) is 12.1. The number of urea groups is 2. The van der Waals surface area contributed by atoms with Crippen LogP contribution >= 0.6 is 0 Å². The Morgan fingerprint density at radius 3 is 2.39 bits per heavy atom. The molecule has 0 spiro atoms. The maximum atomic E-state index is 13.3. The predicted octanol–water partition coefficient (Wildman–Crippen LogP) is 4.53. The standard InChI is InChI=1S/C28H25FN4O3/c29-20-12-10-19(11-13-20)22-16-24(22)33-26(34)25-17-31(14-15-32(25)28(33)36)27(35)30-23-9-5-4-8-21(23)18-6-2-1-3-7-18/h1-13,22,24-25H,14-17H2,(H,30,35). The van der Waals surface area contributed by atoms with Crippen molar-refractivity contribution in [3.05, 3.63) is 90.2 Å². The summed E-state index contributed by atoms with van der Waals surface area (Å²) in [6.45, 7) is 0.788. The van der Waals surface area contributed by atoms with E-state index in [0.29, 0.717) is 25.2 Å². The highest BCUT2D eigenvalue weighted by atomic mass is 19.1. The lowest BCUT2D eigenvalue weighted by Gasteiger charge is -2.35. The molecule has 3 unspecified atom stereocenters. The second-order valence-corrected chi connectivity index (χ2v) is 9.45. The Morgan fingerprint density at radius 2 is 1.61 bits per heavy atom. The highest BCUT2D eigenvalue weighted by Gasteiger charge is 2.56. The van der Waals surface area contributed by atoms with E-state index in [1.54, 1.807) is 21.9 Å². The molecule has 2 aliphatic heterocycles. The Kier molecular flexibility index (Phi) is 5.44. The number of benzene rings is 3. The first-order chi connectivity index (χ1) is 17.5. The third kappa shape index (κ3) is 3.88. The summed E-state index contributed by atoms with van der Waals surface area (Å²) in [6.07, 6.45) is 0.671. The zero-order valence-electron chi connectivity index (χ0n) is 19.5. The summed E-state index contributed by atoms with van der Waals surface area (Å²) in [5.41, 5.74) is 3.51. The van der Waals surface area contributed by atoms with Gasteiger partial charge in [0.1, 0.15) is 11.9 Å². The van der Waals surface area contributed by atoms with Crippen molar-refractivity contribution in [2.45, 2.75) is 24.4 Å². The number of imide groups is 1. The third-order valence-electron chi connectivity index (χ3n) is 7.28. The van der Waals surface area contributed by atoms with Crippen molar-refractivity contribution in [1.29, 1.82) is 0 Å². The SMILES string of the molecule is O=C(Nc1ccccc1-c1ccccc1)N1CCN2C(=O)N(C3CC3c3ccc(F)cc3)C(=O)C2C1. The van der Waals surface area contributed by atoms with Gasteiger partial charge >= 0.3 is 12.1 Å². The molecule has 2 heterocycles. The van der Waals surface area contributed by atoms with Gasteiger partial charge in [0.15, 0.2) is 0 Å². The minimum absolute atomic E-state index is 0.0220. The van der Waals surface area contributed by atoms with Crippen LogP contribution in [0.25, 0.3) is 11.1 Å². The van der Waals surface area contributed by atoms with Crippen molar-refractivity contribution in [3.63, 3.8) is 0 Å². The van der Waals surface area contributed by atoms with Gasteiger partial charge in [-0.3, -0.25) is 9.69 Å². The number of carbonyl (C=O) groups excluding carboxylic acids is 3. The molecule has 0 bridgehead atoms. The Bertz CT molecular complexity index is 1330. The van der Waals surface area contributed by atoms with Gasteiger partial charge < -0.3 is 15.1 Å². The number of carbonyl (C=O) groups is 3. The Morgan fingerprint density at radius 1 is 0.889 bits per heavy atom. The van der Waals surface area contributed by atoms with Crippen molar-refractivity contribution in [3.8, 4) is 11.1 Å². The lowest BCUT2D eigenvalue weighted by atomic mass is 10.0. The molecule has 36 heavy (non-hydrogen) atoms. The van der Waals surface area contributed by atoms with Gasteiger partial charge in [-0.2, -0.15) is 0 Å². The van der Waals surface area contributed by atoms with Crippen molar-refractivity contribution in [1.82, 2.24) is 14.7 Å². The molecular weight excluding hydrogens is 459 g/mol. The minimum atomic E-state index is -0.684. The molecule has 3 fully saturated rings. The molecule has 1 N–H and O–H groups in total. The van der Waals surface area contributed by atoms with E-state index in [1.165, 1.54) is 17.0 Å². The summed E-state index contributed by atoms with van der Waals surface area (Å²) in [6, 6.07) is 22.1. The van der Waals surface area contributed by atoms with E-state index in [4.69, 9.17) is 0 Å². The van der Waals surface area contributed by atoms with Crippen molar-refractivity contribution < 1.29 is 18.8 Å². The molecule has 2 saturated heterocycles. The minimum Gasteiger partial charge on any atom is -0.320 e. The number of piperazine rings is 1. The Labute approximate surface area is 208 Å². The van der Waals surface area contributed by atoms with E-state index in [9.17, 15) is 18.8 Å². The molecule has 5 amide bonds. The topological polar surface area (TPSA) is 73.0 Å². The van der Waals surface area contributed by atoms with Gasteiger partial charge in [0, 0.05) is 30.6 Å². The average molecular weight is 485 g/mol. The maximum Gasteiger partial charge on any atom is 0.327 e. The molecule has 3 aromatic carbocycles. The summed E-state index contributed by atoms with van der Waals surface area (Å²) < 4.78 is 13.3. The number of nitrogens with one attached hydrogen (secondary N) is 1. The fourth-order valence-electron chi connectivity index (χ4n) is 5.30. The summed E-state index contributed by atoms with van der Waals surface area (Å²) in [5, 5.41) is 2.99. The van der Waals surface area contributed by atoms with Gasteiger partial charge in [0.25, 0.3) is 5.91 Å². The Balaban J connectivity index is 1.14. The van der Waals surface area contributed by atoms with Crippen LogP contribution in [0.5, 0.6) is 0 Å². The van der Waals surface area contributed by atoms with Gasteiger partial charge in [-0.15, -0.1) is 0 Å². The number of amides is 5. The highest BCUT2D eigenvalue weighted by molar-refractivity contribution is 6.06. The molecule has 6 rings (SSSR count). The summed E-state index contributed by atoms with van der Waals surface area (Å²) in [5.74, 6) is -0.559. The van der Waals surface area contributed by atoms with Crippen molar-refractivity contribution in [2.24, 2.45) is 0 Å². The molecule has 3 aliphatic rings. The monoisotopic (exact) mass is 484 g/mol. The fraction of sp³-hybridized carbons (Fsp3) is 0.250. The third-order valence-corrected chi connectivity index (χ3v) is 7.28. The van der Waals surface area contributed by atoms with Crippen LogP contribution in [0.2, 0.25) is 0 Å². The normalized spacial score (nSPS) is 23.0. The first kappa shape index (κ1) is 22.3. The molecule has 8 heteroatoms. The molecule has 1 saturated carbocycles. The fourth-order valence-corrected chi connectivity index (χ4v) is 5.30. The van der Waals surface area contributed by atoms with Crippen LogP contribution in [0.1, 0.15) is 17.9 Å². The van der Waals surface area contributed by atoms with Crippen LogP contribution < -0.4 is 5.32 Å². The molecule has 1 aliphatic carbocycles. The van der Waals surface area contributed by atoms with Gasteiger partial charge in [0.2, 0.25) is 0 Å². The van der Waals surface area contributed by atoms with Gasteiger partial charge in [0.05, 0.1) is 12.2 Å². The lowest BCUT2D eigenvalue weighted by molar-refractivity contribution is -0.129. The number of hydrogen-bond donors (Lipinski definition) is 1. The lowest BCUT2D eigenvalue weighted by Crippen LogP contribution is -2.55. The van der Waals surface area contributed by atoms with Crippen molar-refractivity contribution >= 4 is 23.7 Å². The quantitative estimate of drug-likeness (QED) is 0.553. The van der Waals surface area contributed by atoms with E-state index in [2.05, 4.69) is 5.32 Å². The van der Waals surface area contributed by atoms with Crippen molar-refractivity contribution in [2.75, 3.05) is 25.0 Å². The molecule has 182 valence electrons. The average Bonchev–Trinajstić information content (AvgIpc) is 3.65. The molecule has 3 atom stereocenters. The number of anilines is 1. The molecule has 7 nitrogen and oxygen atoms in total. The Hall–Kier alpha value is -4.20. The number of rotatable bonds is 4. The number of hydrogen-bond acceptors (Lipinski definition) is 3. The zero-order valence-corrected chi connectivity index (χ0v) is 19.5. The number of fused-ring (bicyclic) bond motifs is 1. The van der Waals surface area contributed by atoms with Crippen LogP contribution in [0.4, 0.5) is 19.7 Å². The predicted molar refractivity (Wildman–Crippen MR) is 133 cm³/mol. The molecule has 0 radical (unpaired) electrons. The van der Waals surface area contributed by atoms with E-state index >= 15 is 0 Å². The van der Waals surface area contributed by atoms with Crippen LogP contribution in [0.3, 0.4) is 0 Å². The zero-order chi connectivity index (χ0) is 24.8. The van der Waals surface area contributed by atoms with Crippen LogP contribution in [0, 0.1) is 5.82 Å². The molecular formula is C28H25FN4O3. The second-order valence-electron chi connectivity index (χ2n) is 9.45. The number of para-hydroxylation sites is 1. The number of halogens is 1. The van der Waals surface area contributed by atoms with Gasteiger partial charge in [-0.25, -0.2) is 14.0 Å². The van der Waals surface area contributed by atoms with Gasteiger partial charge in [-0.1, -0.05) is 60.7 Å². The van der Waals surface area contributed by atoms with Gasteiger partial charge in [-0.05, 0) is 35.7 Å². The smallest absolute Gasteiger partial charge is 0.320 e. The van der Waals surface area contributed by atoms with E-state index < -0.39 is 6.04 Å². The largest absolute Gasteiger partial charge is 0.327 e. The van der Waals surface area contributed by atoms with Crippen LogP contribution in [-0.4, -0.2) is 64.4 Å². The summed E-state index contributed by atoms with van der Waals surface area (Å²) in [4.78, 5) is 44.1. The highest BCUT2D eigenvalue weighted by Crippen LogP contribution is 2.47. The first-order valence-corrected chi connectivity index (χ1v) is 12.1. The van der Waals surface area contributed by atoms with E-state index in [1.807, 2.05) is 54.6 Å². The summed E-state index contributed by atoms with van der Waals surface area (Å²) >= 11 is 0. The van der Waals surface area contributed by atoms with E-state index in [0.717, 1.165) is 16.7 Å².